The topological polar surface area (TPSA) is 116 Å². The summed E-state index contributed by atoms with van der Waals surface area (Å²) in [5, 5.41) is 19.8. The minimum atomic E-state index is -0.482. The molecule has 1 aliphatic heterocycles. The van der Waals surface area contributed by atoms with Gasteiger partial charge in [-0.1, -0.05) is 18.2 Å². The van der Waals surface area contributed by atoms with Crippen molar-refractivity contribution in [3.05, 3.63) is 112 Å². The number of nitrogens with zero attached hydrogens (tertiary/aromatic N) is 2. The Kier molecular flexibility index (Phi) is 6.45. The molecule has 1 aliphatic rings. The maximum absolute atomic E-state index is 13.1. The highest BCUT2D eigenvalue weighted by atomic mass is 16.6. The molecule has 0 spiro atoms. The van der Waals surface area contributed by atoms with Crippen molar-refractivity contribution in [2.45, 2.75) is 6.42 Å². The predicted octanol–water partition coefficient (Wildman–Crippen LogP) is 6.75. The van der Waals surface area contributed by atoms with Crippen LogP contribution in [0.4, 0.5) is 22.7 Å². The Hall–Kier alpha value is -5.44. The van der Waals surface area contributed by atoms with Crippen LogP contribution in [0.2, 0.25) is 0 Å². The lowest BCUT2D eigenvalue weighted by atomic mass is 10.0. The normalized spacial score (nSPS) is 12.0. The van der Waals surface area contributed by atoms with Crippen LogP contribution >= 0.6 is 0 Å². The summed E-state index contributed by atoms with van der Waals surface area (Å²) in [7, 11) is 1.40. The van der Waals surface area contributed by atoms with Crippen LogP contribution in [0.5, 0.6) is 11.5 Å². The molecule has 2 heterocycles. The number of nitro benzene ring substituents is 1. The van der Waals surface area contributed by atoms with Crippen molar-refractivity contribution in [3.8, 4) is 22.6 Å². The average Bonchev–Trinajstić information content (AvgIpc) is 3.11. The fourth-order valence-corrected chi connectivity index (χ4v) is 4.77. The van der Waals surface area contributed by atoms with E-state index >= 15 is 0 Å². The van der Waals surface area contributed by atoms with Gasteiger partial charge in [0.25, 0.3) is 5.91 Å². The van der Waals surface area contributed by atoms with E-state index in [-0.39, 0.29) is 17.3 Å². The summed E-state index contributed by atoms with van der Waals surface area (Å²) in [6.45, 7) is 0.480. The molecule has 4 aromatic carbocycles. The molecule has 40 heavy (non-hydrogen) atoms. The van der Waals surface area contributed by atoms with Crippen LogP contribution in [0, 0.1) is 10.1 Å². The van der Waals surface area contributed by atoms with E-state index in [1.807, 2.05) is 60.8 Å². The summed E-state index contributed by atoms with van der Waals surface area (Å²) in [5.74, 6) is 0.719. The number of pyridine rings is 1. The molecule has 1 amide bonds. The Morgan fingerprint density at radius 1 is 0.850 bits per heavy atom. The van der Waals surface area contributed by atoms with Crippen molar-refractivity contribution in [1.29, 1.82) is 0 Å². The van der Waals surface area contributed by atoms with Gasteiger partial charge < -0.3 is 20.1 Å². The number of anilines is 3. The lowest BCUT2D eigenvalue weighted by Gasteiger charge is -2.12. The second-order valence-corrected chi connectivity index (χ2v) is 9.35. The second kappa shape index (κ2) is 10.4. The van der Waals surface area contributed by atoms with E-state index < -0.39 is 4.92 Å². The first-order chi connectivity index (χ1) is 19.5. The lowest BCUT2D eigenvalue weighted by molar-refractivity contribution is -0.385. The fourth-order valence-electron chi connectivity index (χ4n) is 4.77. The summed E-state index contributed by atoms with van der Waals surface area (Å²) in [4.78, 5) is 28.0. The first-order valence-electron chi connectivity index (χ1n) is 12.6. The van der Waals surface area contributed by atoms with Gasteiger partial charge in [-0.3, -0.25) is 19.9 Å². The number of hydrogen-bond donors (Lipinski definition) is 2. The molecular weight excluding hydrogens is 508 g/mol. The Morgan fingerprint density at radius 3 is 2.55 bits per heavy atom. The summed E-state index contributed by atoms with van der Waals surface area (Å²) in [6, 6.07) is 23.9. The Balaban J connectivity index is 1.20. The molecule has 0 aliphatic carbocycles. The van der Waals surface area contributed by atoms with Crippen LogP contribution in [-0.2, 0) is 6.42 Å². The predicted molar refractivity (Wildman–Crippen MR) is 154 cm³/mol. The van der Waals surface area contributed by atoms with Crippen molar-refractivity contribution in [1.82, 2.24) is 4.98 Å². The molecular formula is C31H24N4O5. The zero-order chi connectivity index (χ0) is 27.6. The van der Waals surface area contributed by atoms with Gasteiger partial charge in [0.1, 0.15) is 5.75 Å². The molecule has 9 nitrogen and oxygen atoms in total. The maximum Gasteiger partial charge on any atom is 0.310 e. The molecule has 0 unspecified atom stereocenters. The highest BCUT2D eigenvalue weighted by molar-refractivity contribution is 6.12. The Labute approximate surface area is 229 Å². The van der Waals surface area contributed by atoms with Gasteiger partial charge in [0, 0.05) is 30.3 Å². The van der Waals surface area contributed by atoms with E-state index in [1.165, 1.54) is 13.2 Å². The minimum Gasteiger partial charge on any atom is -0.493 e. The molecule has 0 bridgehead atoms. The monoisotopic (exact) mass is 532 g/mol. The summed E-state index contributed by atoms with van der Waals surface area (Å²) < 4.78 is 11.2. The van der Waals surface area contributed by atoms with E-state index in [0.29, 0.717) is 30.0 Å². The third kappa shape index (κ3) is 4.88. The zero-order valence-corrected chi connectivity index (χ0v) is 21.5. The number of aromatic nitrogens is 1. The number of nitrogens with one attached hydrogen (secondary N) is 2. The average molecular weight is 533 g/mol. The molecule has 6 rings (SSSR count). The Morgan fingerprint density at radius 2 is 1.70 bits per heavy atom. The molecule has 0 atom stereocenters. The number of carbonyl (C=O) groups is 1. The number of amides is 1. The van der Waals surface area contributed by atoms with Crippen LogP contribution in [-0.4, -0.2) is 29.5 Å². The van der Waals surface area contributed by atoms with Gasteiger partial charge in [0.2, 0.25) is 0 Å². The van der Waals surface area contributed by atoms with E-state index in [1.54, 1.807) is 24.4 Å². The van der Waals surface area contributed by atoms with E-state index in [2.05, 4.69) is 15.6 Å². The summed E-state index contributed by atoms with van der Waals surface area (Å²) in [5.41, 5.74) is 4.99. The molecule has 0 saturated heterocycles. The number of nitro groups is 1. The van der Waals surface area contributed by atoms with Crippen LogP contribution in [0.15, 0.2) is 91.3 Å². The molecule has 5 aromatic rings. The number of benzene rings is 4. The van der Waals surface area contributed by atoms with Crippen molar-refractivity contribution >= 4 is 39.4 Å². The van der Waals surface area contributed by atoms with E-state index in [4.69, 9.17) is 9.47 Å². The highest BCUT2D eigenvalue weighted by Crippen LogP contribution is 2.37. The van der Waals surface area contributed by atoms with Gasteiger partial charge in [0.05, 0.1) is 41.3 Å². The first kappa shape index (κ1) is 24.9. The standard InChI is InChI=1S/C31H24N4O5/c1-39-30-17-22(5-9-29(30)35(37)38)21-4-7-25-27(16-21)33-26-8-2-19(14-28(26)34-31(25)36)11-13-40-24-6-3-20-10-12-32-18-23(20)15-24/h2-10,12,14-18,33H,11,13H2,1H3,(H,34,36). The summed E-state index contributed by atoms with van der Waals surface area (Å²) >= 11 is 0. The lowest BCUT2D eigenvalue weighted by Crippen LogP contribution is -2.11. The molecule has 0 fully saturated rings. The quantitative estimate of drug-likeness (QED) is 0.176. The number of methoxy groups -OCH3 is 1. The minimum absolute atomic E-state index is 0.108. The number of hydrogen-bond acceptors (Lipinski definition) is 7. The van der Waals surface area contributed by atoms with Crippen LogP contribution < -0.4 is 20.1 Å². The number of ether oxygens (including phenoxy) is 2. The van der Waals surface area contributed by atoms with E-state index in [0.717, 1.165) is 38.9 Å². The molecule has 9 heteroatoms. The number of fused-ring (bicyclic) bond motifs is 3. The van der Waals surface area contributed by atoms with Crippen molar-refractivity contribution < 1.29 is 19.2 Å². The molecule has 1 aromatic heterocycles. The van der Waals surface area contributed by atoms with Gasteiger partial charge in [0.15, 0.2) is 5.75 Å². The third-order valence-corrected chi connectivity index (χ3v) is 6.85. The maximum atomic E-state index is 13.1. The van der Waals surface area contributed by atoms with Gasteiger partial charge in [-0.15, -0.1) is 0 Å². The highest BCUT2D eigenvalue weighted by Gasteiger charge is 2.21. The largest absolute Gasteiger partial charge is 0.493 e. The van der Waals surface area contributed by atoms with Crippen LogP contribution in [0.1, 0.15) is 15.9 Å². The first-order valence-corrected chi connectivity index (χ1v) is 12.6. The molecule has 0 radical (unpaired) electrons. The van der Waals surface area contributed by atoms with Gasteiger partial charge in [-0.25, -0.2) is 0 Å². The van der Waals surface area contributed by atoms with Gasteiger partial charge in [-0.2, -0.15) is 0 Å². The second-order valence-electron chi connectivity index (χ2n) is 9.35. The third-order valence-electron chi connectivity index (χ3n) is 6.85. The SMILES string of the molecule is COc1cc(-c2ccc3c(c2)Nc2ccc(CCOc4ccc5ccncc5c4)cc2NC3=O)ccc1[N+](=O)[O-]. The summed E-state index contributed by atoms with van der Waals surface area (Å²) in [6.07, 6.45) is 4.24. The van der Waals surface area contributed by atoms with E-state index in [9.17, 15) is 14.9 Å². The van der Waals surface area contributed by atoms with Crippen LogP contribution in [0.25, 0.3) is 21.9 Å². The number of carbonyl (C=O) groups excluding carboxylic acids is 1. The zero-order valence-electron chi connectivity index (χ0n) is 21.5. The van der Waals surface area contributed by atoms with Crippen LogP contribution in [0.3, 0.4) is 0 Å². The fraction of sp³-hybridized carbons (Fsp3) is 0.0968. The number of rotatable bonds is 7. The molecule has 2 N–H and O–H groups in total. The van der Waals surface area contributed by atoms with Gasteiger partial charge in [-0.05, 0) is 76.7 Å². The van der Waals surface area contributed by atoms with Gasteiger partial charge >= 0.3 is 5.69 Å². The van der Waals surface area contributed by atoms with Crippen molar-refractivity contribution in [2.24, 2.45) is 0 Å². The Bertz CT molecular complexity index is 1790. The smallest absolute Gasteiger partial charge is 0.310 e. The molecule has 198 valence electrons. The molecule has 0 saturated carbocycles. The van der Waals surface area contributed by atoms with Crippen molar-refractivity contribution in [3.63, 3.8) is 0 Å². The van der Waals surface area contributed by atoms with Crippen molar-refractivity contribution in [2.75, 3.05) is 24.4 Å².